The van der Waals surface area contributed by atoms with Crippen LogP contribution in [0.1, 0.15) is 40.3 Å². The molecule has 0 saturated heterocycles. The fraction of sp³-hybridized carbons (Fsp3) is 0.389. The standard InChI is InChI=1S/C18H20N2O3S/c1-12(2)10-23-16-5-4-14(8-15(16)9-19)6-7-22-18(21)17-13(3)20-11-24-17/h4-5,8,11-12H,6-7,10H2,1-3H3. The van der Waals surface area contributed by atoms with Gasteiger partial charge < -0.3 is 9.47 Å². The number of carbonyl (C=O) groups is 1. The van der Waals surface area contributed by atoms with Gasteiger partial charge in [0.15, 0.2) is 0 Å². The van der Waals surface area contributed by atoms with Gasteiger partial charge in [0.1, 0.15) is 16.7 Å². The number of aromatic nitrogens is 1. The Morgan fingerprint density at radius 2 is 2.21 bits per heavy atom. The van der Waals surface area contributed by atoms with Crippen molar-refractivity contribution in [3.63, 3.8) is 0 Å². The molecule has 0 aliphatic heterocycles. The summed E-state index contributed by atoms with van der Waals surface area (Å²) in [6.07, 6.45) is 0.544. The minimum Gasteiger partial charge on any atom is -0.492 e. The van der Waals surface area contributed by atoms with Crippen LogP contribution in [0, 0.1) is 24.2 Å². The van der Waals surface area contributed by atoms with Crippen LogP contribution in [0.5, 0.6) is 5.75 Å². The number of hydrogen-bond acceptors (Lipinski definition) is 6. The molecular weight excluding hydrogens is 324 g/mol. The van der Waals surface area contributed by atoms with Gasteiger partial charge in [0, 0.05) is 6.42 Å². The number of nitrogens with zero attached hydrogens (tertiary/aromatic N) is 2. The van der Waals surface area contributed by atoms with E-state index in [1.54, 1.807) is 24.6 Å². The van der Waals surface area contributed by atoms with Gasteiger partial charge in [0.05, 0.1) is 30.0 Å². The Morgan fingerprint density at radius 3 is 2.83 bits per heavy atom. The van der Waals surface area contributed by atoms with Gasteiger partial charge in [0.25, 0.3) is 0 Å². The zero-order valence-corrected chi connectivity index (χ0v) is 14.9. The van der Waals surface area contributed by atoms with E-state index >= 15 is 0 Å². The van der Waals surface area contributed by atoms with Gasteiger partial charge in [-0.3, -0.25) is 0 Å². The number of thiazole rings is 1. The van der Waals surface area contributed by atoms with Crippen molar-refractivity contribution in [1.29, 1.82) is 5.26 Å². The molecule has 0 N–H and O–H groups in total. The summed E-state index contributed by atoms with van der Waals surface area (Å²) in [7, 11) is 0. The highest BCUT2D eigenvalue weighted by atomic mass is 32.1. The molecule has 0 aliphatic carbocycles. The maximum atomic E-state index is 11.9. The van der Waals surface area contributed by atoms with Crippen LogP contribution in [0.2, 0.25) is 0 Å². The van der Waals surface area contributed by atoms with Crippen molar-refractivity contribution in [2.45, 2.75) is 27.2 Å². The van der Waals surface area contributed by atoms with Gasteiger partial charge in [-0.1, -0.05) is 19.9 Å². The summed E-state index contributed by atoms with van der Waals surface area (Å²) >= 11 is 1.27. The average molecular weight is 344 g/mol. The molecule has 0 aliphatic rings. The Morgan fingerprint density at radius 1 is 1.42 bits per heavy atom. The van der Waals surface area contributed by atoms with Gasteiger partial charge in [-0.2, -0.15) is 5.26 Å². The third-order valence-electron chi connectivity index (χ3n) is 3.29. The average Bonchev–Trinajstić information content (AvgIpc) is 2.99. The molecule has 6 heteroatoms. The van der Waals surface area contributed by atoms with Crippen LogP contribution in [0.3, 0.4) is 0 Å². The largest absolute Gasteiger partial charge is 0.492 e. The van der Waals surface area contributed by atoms with Crippen LogP contribution in [-0.4, -0.2) is 24.2 Å². The smallest absolute Gasteiger partial charge is 0.350 e. The van der Waals surface area contributed by atoms with E-state index < -0.39 is 0 Å². The predicted molar refractivity (Wildman–Crippen MR) is 92.3 cm³/mol. The molecule has 0 unspecified atom stereocenters. The summed E-state index contributed by atoms with van der Waals surface area (Å²) in [6, 6.07) is 7.62. The molecule has 126 valence electrons. The van der Waals surface area contributed by atoms with Crippen molar-refractivity contribution in [2.24, 2.45) is 5.92 Å². The highest BCUT2D eigenvalue weighted by Crippen LogP contribution is 2.21. The fourth-order valence-electron chi connectivity index (χ4n) is 2.03. The van der Waals surface area contributed by atoms with Crippen molar-refractivity contribution in [2.75, 3.05) is 13.2 Å². The van der Waals surface area contributed by atoms with Crippen molar-refractivity contribution < 1.29 is 14.3 Å². The SMILES string of the molecule is Cc1ncsc1C(=O)OCCc1ccc(OCC(C)C)c(C#N)c1. The van der Waals surface area contributed by atoms with Gasteiger partial charge >= 0.3 is 5.97 Å². The predicted octanol–water partition coefficient (Wildman–Crippen LogP) is 3.76. The first-order valence-electron chi connectivity index (χ1n) is 7.74. The van der Waals surface area contributed by atoms with Gasteiger partial charge in [-0.15, -0.1) is 11.3 Å². The third kappa shape index (κ3) is 4.80. The molecular formula is C18H20N2O3S. The van der Waals surface area contributed by atoms with Gasteiger partial charge in [-0.25, -0.2) is 9.78 Å². The zero-order valence-electron chi connectivity index (χ0n) is 14.0. The molecule has 0 spiro atoms. The summed E-state index contributed by atoms with van der Waals surface area (Å²) in [5.74, 6) is 0.630. The molecule has 2 rings (SSSR count). The highest BCUT2D eigenvalue weighted by Gasteiger charge is 2.13. The van der Waals surface area contributed by atoms with E-state index in [9.17, 15) is 10.1 Å². The first-order chi connectivity index (χ1) is 11.5. The molecule has 0 atom stereocenters. The van der Waals surface area contributed by atoms with E-state index in [0.717, 1.165) is 5.56 Å². The highest BCUT2D eigenvalue weighted by molar-refractivity contribution is 7.11. The molecule has 0 amide bonds. The quantitative estimate of drug-likeness (QED) is 0.715. The van der Waals surface area contributed by atoms with E-state index in [1.165, 1.54) is 11.3 Å². The van der Waals surface area contributed by atoms with E-state index in [4.69, 9.17) is 9.47 Å². The first-order valence-corrected chi connectivity index (χ1v) is 8.62. The van der Waals surface area contributed by atoms with Crippen LogP contribution in [0.4, 0.5) is 0 Å². The lowest BCUT2D eigenvalue weighted by molar-refractivity contribution is 0.0514. The summed E-state index contributed by atoms with van der Waals surface area (Å²) in [6.45, 7) is 6.72. The van der Waals surface area contributed by atoms with E-state index in [1.807, 2.05) is 6.07 Å². The van der Waals surface area contributed by atoms with Gasteiger partial charge in [0.2, 0.25) is 0 Å². The molecule has 0 fully saturated rings. The zero-order chi connectivity index (χ0) is 17.5. The van der Waals surface area contributed by atoms with Crippen molar-refractivity contribution in [1.82, 2.24) is 4.98 Å². The maximum Gasteiger partial charge on any atom is 0.350 e. The Bertz CT molecular complexity index is 747. The molecule has 0 bridgehead atoms. The van der Waals surface area contributed by atoms with Crippen molar-refractivity contribution in [3.05, 3.63) is 45.4 Å². The first kappa shape index (κ1) is 18.0. The molecule has 1 aromatic carbocycles. The van der Waals surface area contributed by atoms with Crippen LogP contribution < -0.4 is 4.74 Å². The fourth-order valence-corrected chi connectivity index (χ4v) is 2.72. The Kier molecular flexibility index (Phi) is 6.33. The topological polar surface area (TPSA) is 72.2 Å². The van der Waals surface area contributed by atoms with Crippen LogP contribution in [0.25, 0.3) is 0 Å². The van der Waals surface area contributed by atoms with Crippen molar-refractivity contribution >= 4 is 17.3 Å². The number of aryl methyl sites for hydroxylation is 1. The molecule has 24 heavy (non-hydrogen) atoms. The minimum absolute atomic E-state index is 0.257. The third-order valence-corrected chi connectivity index (χ3v) is 4.20. The lowest BCUT2D eigenvalue weighted by Crippen LogP contribution is -2.08. The monoisotopic (exact) mass is 344 g/mol. The second-order valence-electron chi connectivity index (χ2n) is 5.80. The summed E-state index contributed by atoms with van der Waals surface area (Å²) in [5.41, 5.74) is 3.74. The number of carbonyl (C=O) groups excluding carboxylic acids is 1. The lowest BCUT2D eigenvalue weighted by Gasteiger charge is -2.11. The van der Waals surface area contributed by atoms with E-state index in [2.05, 4.69) is 24.9 Å². The number of benzene rings is 1. The normalized spacial score (nSPS) is 10.5. The molecule has 1 heterocycles. The number of ether oxygens (including phenoxy) is 2. The Labute approximate surface area is 145 Å². The molecule has 5 nitrogen and oxygen atoms in total. The molecule has 1 aromatic heterocycles. The second-order valence-corrected chi connectivity index (χ2v) is 6.65. The number of esters is 1. The Balaban J connectivity index is 1.92. The van der Waals surface area contributed by atoms with Crippen LogP contribution >= 0.6 is 11.3 Å². The van der Waals surface area contributed by atoms with Gasteiger partial charge in [-0.05, 0) is 30.5 Å². The van der Waals surface area contributed by atoms with Crippen LogP contribution in [-0.2, 0) is 11.2 Å². The Hall–Kier alpha value is -2.39. The lowest BCUT2D eigenvalue weighted by atomic mass is 10.1. The number of hydrogen-bond donors (Lipinski definition) is 0. The second kappa shape index (κ2) is 8.46. The maximum absolute atomic E-state index is 11.9. The molecule has 2 aromatic rings. The van der Waals surface area contributed by atoms with E-state index in [-0.39, 0.29) is 12.6 Å². The number of rotatable bonds is 7. The molecule has 0 radical (unpaired) electrons. The molecule has 0 saturated carbocycles. The summed E-state index contributed by atoms with van der Waals surface area (Å²) < 4.78 is 10.9. The van der Waals surface area contributed by atoms with Crippen molar-refractivity contribution in [3.8, 4) is 11.8 Å². The number of nitriles is 1. The van der Waals surface area contributed by atoms with E-state index in [0.29, 0.717) is 40.8 Å². The summed E-state index contributed by atoms with van der Waals surface area (Å²) in [4.78, 5) is 16.5. The summed E-state index contributed by atoms with van der Waals surface area (Å²) in [5, 5.41) is 9.26. The van der Waals surface area contributed by atoms with Crippen LogP contribution in [0.15, 0.2) is 23.7 Å². The minimum atomic E-state index is -0.354.